The van der Waals surface area contributed by atoms with Crippen molar-refractivity contribution in [3.63, 3.8) is 0 Å². The number of ether oxygens (including phenoxy) is 1. The van der Waals surface area contributed by atoms with Crippen molar-refractivity contribution in [3.8, 4) is 5.75 Å². The molecule has 1 unspecified atom stereocenters. The molecular formula is C24H26N2O4S. The fourth-order valence-corrected chi connectivity index (χ4v) is 4.43. The van der Waals surface area contributed by atoms with E-state index in [0.717, 1.165) is 17.7 Å². The Balaban J connectivity index is 1.73. The molecule has 0 aliphatic rings. The van der Waals surface area contributed by atoms with Crippen LogP contribution in [0.15, 0.2) is 83.8 Å². The first-order valence-electron chi connectivity index (χ1n) is 9.95. The summed E-state index contributed by atoms with van der Waals surface area (Å²) in [4.78, 5) is 13.0. The van der Waals surface area contributed by atoms with Crippen LogP contribution in [0.1, 0.15) is 35.3 Å². The van der Waals surface area contributed by atoms with Crippen molar-refractivity contribution in [2.45, 2.75) is 24.3 Å². The van der Waals surface area contributed by atoms with Crippen LogP contribution in [0.25, 0.3) is 0 Å². The largest absolute Gasteiger partial charge is 0.497 e. The van der Waals surface area contributed by atoms with Gasteiger partial charge in [-0.1, -0.05) is 37.3 Å². The lowest BCUT2D eigenvalue weighted by molar-refractivity contribution is 0.0935. The molecule has 3 aromatic carbocycles. The molecular weight excluding hydrogens is 412 g/mol. The van der Waals surface area contributed by atoms with E-state index < -0.39 is 10.0 Å². The van der Waals surface area contributed by atoms with Crippen molar-refractivity contribution in [1.82, 2.24) is 5.32 Å². The van der Waals surface area contributed by atoms with Crippen LogP contribution < -0.4 is 14.4 Å². The number of nitrogens with one attached hydrogen (secondary N) is 1. The van der Waals surface area contributed by atoms with Gasteiger partial charge in [0.1, 0.15) is 5.75 Å². The molecule has 0 heterocycles. The molecule has 0 aliphatic carbocycles. The lowest BCUT2D eigenvalue weighted by Gasteiger charge is -2.20. The Labute approximate surface area is 183 Å². The molecule has 1 N–H and O–H groups in total. The van der Waals surface area contributed by atoms with Gasteiger partial charge in [-0.05, 0) is 60.5 Å². The zero-order valence-electron chi connectivity index (χ0n) is 17.8. The van der Waals surface area contributed by atoms with Gasteiger partial charge in [0.2, 0.25) is 0 Å². The van der Waals surface area contributed by atoms with Gasteiger partial charge in [0.25, 0.3) is 15.9 Å². The van der Waals surface area contributed by atoms with Gasteiger partial charge < -0.3 is 10.1 Å². The van der Waals surface area contributed by atoms with Gasteiger partial charge in [0.15, 0.2) is 0 Å². The number of methoxy groups -OCH3 is 1. The lowest BCUT2D eigenvalue weighted by Crippen LogP contribution is -2.28. The highest BCUT2D eigenvalue weighted by atomic mass is 32.2. The predicted octanol–water partition coefficient (Wildman–Crippen LogP) is 4.40. The topological polar surface area (TPSA) is 75.7 Å². The van der Waals surface area contributed by atoms with E-state index in [9.17, 15) is 13.2 Å². The summed E-state index contributed by atoms with van der Waals surface area (Å²) in [5.74, 6) is 0.540. The molecule has 1 amide bonds. The van der Waals surface area contributed by atoms with E-state index in [4.69, 9.17) is 4.74 Å². The Morgan fingerprint density at radius 2 is 1.58 bits per heavy atom. The van der Waals surface area contributed by atoms with E-state index in [-0.39, 0.29) is 16.8 Å². The van der Waals surface area contributed by atoms with Crippen LogP contribution in [0.4, 0.5) is 5.69 Å². The van der Waals surface area contributed by atoms with E-state index in [1.54, 1.807) is 61.7 Å². The second-order valence-corrected chi connectivity index (χ2v) is 9.01. The van der Waals surface area contributed by atoms with Gasteiger partial charge in [-0.3, -0.25) is 9.10 Å². The van der Waals surface area contributed by atoms with Crippen molar-refractivity contribution >= 4 is 21.6 Å². The predicted molar refractivity (Wildman–Crippen MR) is 122 cm³/mol. The third-order valence-corrected chi connectivity index (χ3v) is 6.93. The van der Waals surface area contributed by atoms with Gasteiger partial charge in [-0.15, -0.1) is 0 Å². The van der Waals surface area contributed by atoms with Crippen LogP contribution in [0.5, 0.6) is 5.75 Å². The third kappa shape index (κ3) is 5.06. The quantitative estimate of drug-likeness (QED) is 0.566. The van der Waals surface area contributed by atoms with E-state index >= 15 is 0 Å². The summed E-state index contributed by atoms with van der Waals surface area (Å²) in [6, 6.07) is 22.2. The molecule has 0 saturated heterocycles. The number of hydrogen-bond acceptors (Lipinski definition) is 4. The minimum atomic E-state index is -3.67. The molecule has 0 radical (unpaired) electrons. The van der Waals surface area contributed by atoms with Crippen LogP contribution in [0.2, 0.25) is 0 Å². The Hall–Kier alpha value is -3.32. The van der Waals surface area contributed by atoms with Gasteiger partial charge in [0.05, 0.1) is 23.7 Å². The molecule has 0 bridgehead atoms. The number of carbonyl (C=O) groups is 1. The smallest absolute Gasteiger partial charge is 0.264 e. The summed E-state index contributed by atoms with van der Waals surface area (Å²) < 4.78 is 31.9. The summed E-state index contributed by atoms with van der Waals surface area (Å²) >= 11 is 0. The van der Waals surface area contributed by atoms with Crippen LogP contribution in [0, 0.1) is 0 Å². The number of sulfonamides is 1. The highest BCUT2D eigenvalue weighted by Crippen LogP contribution is 2.23. The number of hydrogen-bond donors (Lipinski definition) is 1. The second-order valence-electron chi connectivity index (χ2n) is 7.04. The molecule has 162 valence electrons. The number of amides is 1. The van der Waals surface area contributed by atoms with Crippen LogP contribution >= 0.6 is 0 Å². The average molecular weight is 439 g/mol. The zero-order valence-corrected chi connectivity index (χ0v) is 18.6. The monoisotopic (exact) mass is 438 g/mol. The van der Waals surface area contributed by atoms with E-state index in [1.165, 1.54) is 11.4 Å². The number of nitrogens with zero attached hydrogens (tertiary/aromatic N) is 1. The Kier molecular flexibility index (Phi) is 6.97. The van der Waals surface area contributed by atoms with Crippen molar-refractivity contribution in [3.05, 3.63) is 90.0 Å². The zero-order chi connectivity index (χ0) is 22.4. The maximum Gasteiger partial charge on any atom is 0.264 e. The first-order chi connectivity index (χ1) is 14.9. The van der Waals surface area contributed by atoms with E-state index in [0.29, 0.717) is 11.3 Å². The molecule has 0 spiro atoms. The standard InChI is InChI=1S/C24H26N2O4S/c1-4-23(18-12-16-21(30-3)17-13-18)25-24(27)19-10-14-20(15-11-19)26(2)31(28,29)22-8-6-5-7-9-22/h5-17,23H,4H2,1-3H3,(H,25,27). The second kappa shape index (κ2) is 9.66. The molecule has 0 aliphatic heterocycles. The molecule has 31 heavy (non-hydrogen) atoms. The molecule has 7 heteroatoms. The van der Waals surface area contributed by atoms with Gasteiger partial charge in [-0.2, -0.15) is 0 Å². The normalized spacial score (nSPS) is 12.1. The van der Waals surface area contributed by atoms with Crippen LogP contribution in [-0.2, 0) is 10.0 Å². The van der Waals surface area contributed by atoms with Gasteiger partial charge in [0, 0.05) is 12.6 Å². The van der Waals surface area contributed by atoms with Crippen molar-refractivity contribution in [2.24, 2.45) is 0 Å². The summed E-state index contributed by atoms with van der Waals surface area (Å²) in [6.45, 7) is 2.00. The summed E-state index contributed by atoms with van der Waals surface area (Å²) in [5, 5.41) is 3.03. The first kappa shape index (κ1) is 22.4. The maximum absolute atomic E-state index is 12.8. The molecule has 0 aromatic heterocycles. The van der Waals surface area contributed by atoms with Crippen molar-refractivity contribution in [1.29, 1.82) is 0 Å². The summed E-state index contributed by atoms with van der Waals surface area (Å²) in [5.41, 5.74) is 1.92. The van der Waals surface area contributed by atoms with Crippen LogP contribution in [-0.4, -0.2) is 28.5 Å². The Morgan fingerprint density at radius 1 is 0.968 bits per heavy atom. The molecule has 3 rings (SSSR count). The minimum absolute atomic E-state index is 0.140. The fourth-order valence-electron chi connectivity index (χ4n) is 3.21. The number of rotatable bonds is 8. The minimum Gasteiger partial charge on any atom is -0.497 e. The molecule has 6 nitrogen and oxygen atoms in total. The van der Waals surface area contributed by atoms with Crippen LogP contribution in [0.3, 0.4) is 0 Å². The molecule has 0 fully saturated rings. The molecule has 3 aromatic rings. The van der Waals surface area contributed by atoms with E-state index in [1.807, 2.05) is 31.2 Å². The molecule has 1 atom stereocenters. The SMILES string of the molecule is CCC(NC(=O)c1ccc(N(C)S(=O)(=O)c2ccccc2)cc1)c1ccc(OC)cc1. The third-order valence-electron chi connectivity index (χ3n) is 5.13. The number of anilines is 1. The number of benzene rings is 3. The lowest BCUT2D eigenvalue weighted by atomic mass is 10.0. The van der Waals surface area contributed by atoms with Gasteiger partial charge >= 0.3 is 0 Å². The van der Waals surface area contributed by atoms with Crippen molar-refractivity contribution in [2.75, 3.05) is 18.5 Å². The Bertz CT molecular complexity index is 1110. The first-order valence-corrected chi connectivity index (χ1v) is 11.4. The summed E-state index contributed by atoms with van der Waals surface area (Å²) in [6.07, 6.45) is 0.730. The summed E-state index contributed by atoms with van der Waals surface area (Å²) in [7, 11) is -0.562. The number of carbonyl (C=O) groups excluding carboxylic acids is 1. The van der Waals surface area contributed by atoms with Crippen molar-refractivity contribution < 1.29 is 17.9 Å². The van der Waals surface area contributed by atoms with E-state index in [2.05, 4.69) is 5.32 Å². The Morgan fingerprint density at radius 3 is 2.13 bits per heavy atom. The fraction of sp³-hybridized carbons (Fsp3) is 0.208. The molecule has 0 saturated carbocycles. The highest BCUT2D eigenvalue weighted by Gasteiger charge is 2.21. The average Bonchev–Trinajstić information content (AvgIpc) is 2.82. The highest BCUT2D eigenvalue weighted by molar-refractivity contribution is 7.92. The van der Waals surface area contributed by atoms with Gasteiger partial charge in [-0.25, -0.2) is 8.42 Å². The maximum atomic E-state index is 12.8.